The second-order valence-corrected chi connectivity index (χ2v) is 8.95. The van der Waals surface area contributed by atoms with Crippen molar-refractivity contribution < 1.29 is 27.2 Å². The van der Waals surface area contributed by atoms with Crippen molar-refractivity contribution >= 4 is 26.1 Å². The second kappa shape index (κ2) is 8.20. The van der Waals surface area contributed by atoms with Crippen LogP contribution in [-0.2, 0) is 39.0 Å². The SMILES string of the molecule is CCOP(=O)(OCC)C(CC)OP1(=S)OCCCO1. The molecule has 0 N–H and O–H groups in total. The van der Waals surface area contributed by atoms with E-state index < -0.39 is 20.2 Å². The first kappa shape index (κ1) is 17.7. The molecule has 1 aliphatic rings. The predicted molar refractivity (Wildman–Crippen MR) is 76.8 cm³/mol. The van der Waals surface area contributed by atoms with Crippen molar-refractivity contribution in [3.63, 3.8) is 0 Å². The molecule has 1 atom stereocenters. The van der Waals surface area contributed by atoms with Gasteiger partial charge < -0.3 is 18.1 Å². The van der Waals surface area contributed by atoms with Gasteiger partial charge in [-0.05, 0) is 38.5 Å². The minimum absolute atomic E-state index is 0.279. The van der Waals surface area contributed by atoms with Crippen LogP contribution in [0.15, 0.2) is 0 Å². The zero-order valence-electron chi connectivity index (χ0n) is 11.6. The van der Waals surface area contributed by atoms with Crippen molar-refractivity contribution in [3.8, 4) is 0 Å². The normalized spacial score (nSPS) is 21.2. The van der Waals surface area contributed by atoms with Crippen LogP contribution in [0.1, 0.15) is 33.6 Å². The lowest BCUT2D eigenvalue weighted by molar-refractivity contribution is 0.0867. The van der Waals surface area contributed by atoms with Crippen LogP contribution in [0, 0.1) is 0 Å². The van der Waals surface area contributed by atoms with Crippen molar-refractivity contribution in [2.75, 3.05) is 26.4 Å². The maximum absolute atomic E-state index is 12.7. The molecular weight excluding hydrogens is 310 g/mol. The van der Waals surface area contributed by atoms with Gasteiger partial charge in [-0.1, -0.05) is 6.92 Å². The minimum atomic E-state index is -3.36. The van der Waals surface area contributed by atoms with Gasteiger partial charge in [-0.15, -0.1) is 0 Å². The lowest BCUT2D eigenvalue weighted by Crippen LogP contribution is -2.19. The van der Waals surface area contributed by atoms with E-state index in [1.165, 1.54) is 0 Å². The molecule has 6 nitrogen and oxygen atoms in total. The van der Waals surface area contributed by atoms with Crippen molar-refractivity contribution in [1.29, 1.82) is 0 Å². The summed E-state index contributed by atoms with van der Waals surface area (Å²) >= 11 is 5.25. The molecule has 0 amide bonds. The summed E-state index contributed by atoms with van der Waals surface area (Å²) in [6, 6.07) is 0. The van der Waals surface area contributed by atoms with Gasteiger partial charge in [-0.25, -0.2) is 0 Å². The summed E-state index contributed by atoms with van der Waals surface area (Å²) in [7, 11) is -3.36. The van der Waals surface area contributed by atoms with Crippen molar-refractivity contribution in [1.82, 2.24) is 0 Å². The second-order valence-electron chi connectivity index (χ2n) is 3.81. The summed E-state index contributed by atoms with van der Waals surface area (Å²) in [5.74, 6) is -0.753. The Morgan fingerprint density at radius 2 is 1.74 bits per heavy atom. The van der Waals surface area contributed by atoms with Crippen LogP contribution in [0.3, 0.4) is 0 Å². The third-order valence-corrected chi connectivity index (χ3v) is 7.34. The van der Waals surface area contributed by atoms with Gasteiger partial charge in [0.15, 0.2) is 5.85 Å². The standard InChI is InChI=1S/C10H22O6P2S/c1-4-10(17(11,12-5-2)13-6-3)16-18(19)14-8-7-9-15-18/h10H,4-9H2,1-3H3. The zero-order chi connectivity index (χ0) is 14.4. The largest absolute Gasteiger partial charge is 0.359 e. The molecule has 0 aromatic rings. The monoisotopic (exact) mass is 332 g/mol. The molecule has 1 aliphatic heterocycles. The lowest BCUT2D eigenvalue weighted by atomic mass is 10.5. The first-order chi connectivity index (χ1) is 8.99. The molecule has 9 heteroatoms. The molecule has 114 valence electrons. The Morgan fingerprint density at radius 3 is 2.16 bits per heavy atom. The maximum Gasteiger partial charge on any atom is 0.359 e. The lowest BCUT2D eigenvalue weighted by Gasteiger charge is -2.32. The topological polar surface area (TPSA) is 63.2 Å². The first-order valence-corrected chi connectivity index (χ1v) is 10.6. The van der Waals surface area contributed by atoms with Gasteiger partial charge >= 0.3 is 14.3 Å². The van der Waals surface area contributed by atoms with Crippen LogP contribution in [0.4, 0.5) is 0 Å². The molecule has 0 bridgehead atoms. The maximum atomic E-state index is 12.7. The molecular formula is C10H22O6P2S. The molecule has 0 radical (unpaired) electrons. The highest BCUT2D eigenvalue weighted by Gasteiger charge is 2.40. The van der Waals surface area contributed by atoms with Crippen LogP contribution in [0.5, 0.6) is 0 Å². The van der Waals surface area contributed by atoms with E-state index in [-0.39, 0.29) is 13.2 Å². The van der Waals surface area contributed by atoms with E-state index in [9.17, 15) is 4.57 Å². The summed E-state index contributed by atoms with van der Waals surface area (Å²) < 4.78 is 39.7. The molecule has 1 rings (SSSR count). The minimum Gasteiger partial charge on any atom is -0.309 e. The van der Waals surface area contributed by atoms with Gasteiger partial charge in [0.1, 0.15) is 0 Å². The Balaban J connectivity index is 2.79. The Bertz CT molecular complexity index is 344. The molecule has 0 aromatic carbocycles. The fourth-order valence-corrected chi connectivity index (χ4v) is 6.29. The van der Waals surface area contributed by atoms with Gasteiger partial charge in [-0.2, -0.15) is 0 Å². The summed E-state index contributed by atoms with van der Waals surface area (Å²) in [5, 5.41) is 0. The molecule has 0 spiro atoms. The van der Waals surface area contributed by atoms with Gasteiger partial charge in [-0.3, -0.25) is 9.09 Å². The van der Waals surface area contributed by atoms with E-state index in [0.29, 0.717) is 19.6 Å². The molecule has 1 unspecified atom stereocenters. The van der Waals surface area contributed by atoms with Gasteiger partial charge in [0.25, 0.3) is 0 Å². The van der Waals surface area contributed by atoms with Crippen LogP contribution in [0.25, 0.3) is 0 Å². The first-order valence-electron chi connectivity index (χ1n) is 6.46. The quantitative estimate of drug-likeness (QED) is 0.628. The highest BCUT2D eigenvalue weighted by atomic mass is 32.5. The Labute approximate surface area is 119 Å². The van der Waals surface area contributed by atoms with Crippen molar-refractivity contribution in [2.24, 2.45) is 0 Å². The summed E-state index contributed by atoms with van der Waals surface area (Å²) in [4.78, 5) is 0. The van der Waals surface area contributed by atoms with Crippen LogP contribution < -0.4 is 0 Å². The van der Waals surface area contributed by atoms with Crippen LogP contribution in [0.2, 0.25) is 0 Å². The van der Waals surface area contributed by atoms with E-state index in [0.717, 1.165) is 6.42 Å². The van der Waals surface area contributed by atoms with Gasteiger partial charge in [0.2, 0.25) is 0 Å². The van der Waals surface area contributed by atoms with Crippen molar-refractivity contribution in [2.45, 2.75) is 39.5 Å². The fraction of sp³-hybridized carbons (Fsp3) is 1.00. The summed E-state index contributed by atoms with van der Waals surface area (Å²) in [6.07, 6.45) is 1.23. The molecule has 0 aromatic heterocycles. The average Bonchev–Trinajstić information content (AvgIpc) is 2.37. The smallest absolute Gasteiger partial charge is 0.309 e. The molecule has 19 heavy (non-hydrogen) atoms. The van der Waals surface area contributed by atoms with Crippen molar-refractivity contribution in [3.05, 3.63) is 0 Å². The third kappa shape index (κ3) is 5.18. The Morgan fingerprint density at radius 1 is 1.21 bits per heavy atom. The summed E-state index contributed by atoms with van der Waals surface area (Å²) in [6.45, 7) is 4.08. The number of rotatable bonds is 8. The van der Waals surface area contributed by atoms with E-state index in [1.807, 2.05) is 6.92 Å². The zero-order valence-corrected chi connectivity index (χ0v) is 14.2. The van der Waals surface area contributed by atoms with E-state index >= 15 is 0 Å². The van der Waals surface area contributed by atoms with Gasteiger partial charge in [0, 0.05) is 0 Å². The molecule has 1 saturated heterocycles. The number of hydrogen-bond acceptors (Lipinski definition) is 7. The molecule has 0 aliphatic carbocycles. The Hall–Kier alpha value is 0.680. The highest BCUT2D eigenvalue weighted by Crippen LogP contribution is 2.62. The predicted octanol–water partition coefficient (Wildman–Crippen LogP) is 3.67. The van der Waals surface area contributed by atoms with Gasteiger partial charge in [0.05, 0.1) is 26.4 Å². The highest BCUT2D eigenvalue weighted by molar-refractivity contribution is 8.07. The van der Waals surface area contributed by atoms with Crippen LogP contribution in [-0.4, -0.2) is 32.3 Å². The fourth-order valence-electron chi connectivity index (χ4n) is 1.58. The molecule has 0 saturated carbocycles. The van der Waals surface area contributed by atoms with E-state index in [2.05, 4.69) is 0 Å². The van der Waals surface area contributed by atoms with Crippen LogP contribution >= 0.6 is 14.3 Å². The van der Waals surface area contributed by atoms with E-state index in [4.69, 9.17) is 34.4 Å². The average molecular weight is 332 g/mol. The Kier molecular flexibility index (Phi) is 7.65. The van der Waals surface area contributed by atoms with E-state index in [1.54, 1.807) is 13.8 Å². The molecule has 1 fully saturated rings. The molecule has 1 heterocycles. The summed E-state index contributed by atoms with van der Waals surface area (Å²) in [5.41, 5.74) is 0. The number of hydrogen-bond donors (Lipinski definition) is 0. The third-order valence-electron chi connectivity index (χ3n) is 2.36.